The van der Waals surface area contributed by atoms with Gasteiger partial charge in [0.1, 0.15) is 17.4 Å². The topological polar surface area (TPSA) is 54.2 Å². The minimum atomic E-state index is 0.0998. The van der Waals surface area contributed by atoms with Crippen molar-refractivity contribution in [1.82, 2.24) is 15.3 Å². The van der Waals surface area contributed by atoms with Crippen LogP contribution in [0.2, 0.25) is 5.02 Å². The molecule has 1 N–H and O–H groups in total. The van der Waals surface area contributed by atoms with E-state index in [4.69, 9.17) is 16.0 Å². The van der Waals surface area contributed by atoms with E-state index >= 15 is 0 Å². The lowest BCUT2D eigenvalue weighted by Gasteiger charge is -2.36. The van der Waals surface area contributed by atoms with Crippen LogP contribution in [0.1, 0.15) is 13.3 Å². The van der Waals surface area contributed by atoms with Gasteiger partial charge in [0.05, 0.1) is 5.54 Å². The van der Waals surface area contributed by atoms with Crippen molar-refractivity contribution in [2.24, 2.45) is 0 Å². The highest BCUT2D eigenvalue weighted by atomic mass is 35.5. The second-order valence-corrected chi connectivity index (χ2v) is 6.94. The van der Waals surface area contributed by atoms with Gasteiger partial charge in [-0.05, 0) is 31.5 Å². The van der Waals surface area contributed by atoms with Crippen LogP contribution in [0.3, 0.4) is 0 Å². The molecule has 5 nitrogen and oxygen atoms in total. The van der Waals surface area contributed by atoms with E-state index < -0.39 is 0 Å². The van der Waals surface area contributed by atoms with Crippen molar-refractivity contribution < 1.29 is 4.42 Å². The third kappa shape index (κ3) is 1.58. The van der Waals surface area contributed by atoms with Crippen LogP contribution in [0.25, 0.3) is 22.1 Å². The Balaban J connectivity index is 1.76. The Morgan fingerprint density at radius 3 is 3.09 bits per heavy atom. The lowest BCUT2D eigenvalue weighted by atomic mass is 10.0. The zero-order valence-electron chi connectivity index (χ0n) is 12.1. The van der Waals surface area contributed by atoms with Gasteiger partial charge in [0, 0.05) is 29.5 Å². The first kappa shape index (κ1) is 12.7. The summed E-state index contributed by atoms with van der Waals surface area (Å²) in [6, 6.07) is 6.16. The number of furan rings is 1. The predicted molar refractivity (Wildman–Crippen MR) is 86.5 cm³/mol. The summed E-state index contributed by atoms with van der Waals surface area (Å²) in [7, 11) is 0. The molecular weight excluding hydrogens is 300 g/mol. The molecule has 22 heavy (non-hydrogen) atoms. The molecule has 4 heterocycles. The molecule has 112 valence electrons. The second kappa shape index (κ2) is 4.12. The molecule has 6 heteroatoms. The molecule has 2 atom stereocenters. The maximum absolute atomic E-state index is 6.11. The Labute approximate surface area is 132 Å². The molecule has 0 spiro atoms. The quantitative estimate of drug-likeness (QED) is 0.748. The molecule has 0 amide bonds. The van der Waals surface area contributed by atoms with Gasteiger partial charge in [-0.3, -0.25) is 0 Å². The molecule has 0 unspecified atom stereocenters. The second-order valence-electron chi connectivity index (χ2n) is 6.51. The van der Waals surface area contributed by atoms with Crippen LogP contribution in [-0.4, -0.2) is 34.6 Å². The molecule has 1 aromatic carbocycles. The van der Waals surface area contributed by atoms with Crippen LogP contribution in [0.5, 0.6) is 0 Å². The molecule has 2 aliphatic rings. The van der Waals surface area contributed by atoms with Gasteiger partial charge in [0.25, 0.3) is 0 Å². The van der Waals surface area contributed by atoms with Crippen molar-refractivity contribution in [3.05, 3.63) is 29.5 Å². The molecular formula is C16H15ClN4O. The van der Waals surface area contributed by atoms with Crippen molar-refractivity contribution in [1.29, 1.82) is 0 Å². The first-order valence-electron chi connectivity index (χ1n) is 7.48. The monoisotopic (exact) mass is 314 g/mol. The molecule has 2 aliphatic heterocycles. The Morgan fingerprint density at radius 2 is 2.32 bits per heavy atom. The fraction of sp³-hybridized carbons (Fsp3) is 0.375. The predicted octanol–water partition coefficient (Wildman–Crippen LogP) is 2.97. The number of rotatable bonds is 1. The van der Waals surface area contributed by atoms with Gasteiger partial charge >= 0.3 is 0 Å². The first-order valence-corrected chi connectivity index (χ1v) is 7.86. The van der Waals surface area contributed by atoms with Crippen LogP contribution < -0.4 is 10.2 Å². The minimum absolute atomic E-state index is 0.0998. The molecule has 0 radical (unpaired) electrons. The normalized spacial score (nSPS) is 27.4. The van der Waals surface area contributed by atoms with Gasteiger partial charge < -0.3 is 14.6 Å². The molecule has 2 saturated heterocycles. The number of nitrogens with one attached hydrogen (secondary N) is 1. The summed E-state index contributed by atoms with van der Waals surface area (Å²) in [6.45, 7) is 4.22. The van der Waals surface area contributed by atoms with Crippen molar-refractivity contribution in [2.45, 2.75) is 24.9 Å². The first-order chi connectivity index (χ1) is 10.6. The van der Waals surface area contributed by atoms with Crippen molar-refractivity contribution in [2.75, 3.05) is 18.0 Å². The van der Waals surface area contributed by atoms with Gasteiger partial charge in [-0.2, -0.15) is 0 Å². The summed E-state index contributed by atoms with van der Waals surface area (Å²) in [5, 5.41) is 5.18. The largest absolute Gasteiger partial charge is 0.450 e. The Hall–Kier alpha value is -1.85. The fourth-order valence-corrected chi connectivity index (χ4v) is 4.06. The van der Waals surface area contributed by atoms with E-state index in [-0.39, 0.29) is 5.54 Å². The van der Waals surface area contributed by atoms with E-state index in [0.717, 1.165) is 47.4 Å². The summed E-state index contributed by atoms with van der Waals surface area (Å²) in [5.74, 6) is 0.892. The van der Waals surface area contributed by atoms with Gasteiger partial charge in [0.15, 0.2) is 11.4 Å². The van der Waals surface area contributed by atoms with Crippen molar-refractivity contribution in [3.63, 3.8) is 0 Å². The average molecular weight is 315 g/mol. The van der Waals surface area contributed by atoms with Crippen LogP contribution in [0.4, 0.5) is 5.82 Å². The summed E-state index contributed by atoms with van der Waals surface area (Å²) >= 11 is 6.11. The van der Waals surface area contributed by atoms with Crippen LogP contribution in [-0.2, 0) is 0 Å². The highest BCUT2D eigenvalue weighted by molar-refractivity contribution is 6.31. The smallest absolute Gasteiger partial charge is 0.196 e. The minimum Gasteiger partial charge on any atom is -0.450 e. The van der Waals surface area contributed by atoms with Gasteiger partial charge in [-0.25, -0.2) is 9.97 Å². The number of halogens is 1. The molecule has 0 aliphatic carbocycles. The number of benzene rings is 1. The fourth-order valence-electron chi connectivity index (χ4n) is 3.89. The summed E-state index contributed by atoms with van der Waals surface area (Å²) in [6.07, 6.45) is 2.76. The van der Waals surface area contributed by atoms with E-state index in [1.54, 1.807) is 6.33 Å². The zero-order chi connectivity index (χ0) is 14.9. The van der Waals surface area contributed by atoms with Crippen LogP contribution >= 0.6 is 11.6 Å². The highest BCUT2D eigenvalue weighted by Crippen LogP contribution is 2.41. The standard InChI is InChI=1S/C16H15ClN4O/c1-16-5-10(18-7-16)6-21(16)15-14-13(19-8-20-15)11-4-9(17)2-3-12(11)22-14/h2-4,8,10,18H,5-7H2,1H3/t10-,16-/m0/s1. The van der Waals surface area contributed by atoms with Gasteiger partial charge in [-0.15, -0.1) is 0 Å². The molecule has 2 fully saturated rings. The van der Waals surface area contributed by atoms with E-state index in [1.807, 2.05) is 18.2 Å². The van der Waals surface area contributed by atoms with E-state index in [0.29, 0.717) is 11.1 Å². The molecule has 2 bridgehead atoms. The van der Waals surface area contributed by atoms with Crippen molar-refractivity contribution in [3.8, 4) is 0 Å². The lowest BCUT2D eigenvalue weighted by Crippen LogP contribution is -2.51. The number of fused-ring (bicyclic) bond motifs is 5. The number of aromatic nitrogens is 2. The zero-order valence-corrected chi connectivity index (χ0v) is 12.9. The Morgan fingerprint density at radius 1 is 1.41 bits per heavy atom. The third-order valence-electron chi connectivity index (χ3n) is 4.96. The van der Waals surface area contributed by atoms with E-state index in [2.05, 4.69) is 27.1 Å². The summed E-state index contributed by atoms with van der Waals surface area (Å²) in [5.41, 5.74) is 2.49. The Bertz CT molecular complexity index is 908. The molecule has 3 aromatic rings. The van der Waals surface area contributed by atoms with Gasteiger partial charge in [0.2, 0.25) is 0 Å². The van der Waals surface area contributed by atoms with Crippen molar-refractivity contribution >= 4 is 39.5 Å². The van der Waals surface area contributed by atoms with Gasteiger partial charge in [-0.1, -0.05) is 11.6 Å². The SMILES string of the molecule is C[C@]12CN[C@H](CN1c1ncnc3c1oc1ccc(Cl)cc13)C2. The number of piperazine rings is 1. The van der Waals surface area contributed by atoms with E-state index in [9.17, 15) is 0 Å². The van der Waals surface area contributed by atoms with Crippen LogP contribution in [0, 0.1) is 0 Å². The maximum atomic E-state index is 6.11. The number of anilines is 1. The van der Waals surface area contributed by atoms with E-state index in [1.165, 1.54) is 0 Å². The lowest BCUT2D eigenvalue weighted by molar-refractivity contribution is 0.471. The number of hydrogen-bond donors (Lipinski definition) is 1. The molecule has 0 saturated carbocycles. The summed E-state index contributed by atoms with van der Waals surface area (Å²) < 4.78 is 6.06. The Kier molecular flexibility index (Phi) is 2.37. The van der Waals surface area contributed by atoms with Crippen LogP contribution in [0.15, 0.2) is 28.9 Å². The molecule has 5 rings (SSSR count). The summed E-state index contributed by atoms with van der Waals surface area (Å²) in [4.78, 5) is 11.3. The maximum Gasteiger partial charge on any atom is 0.196 e. The number of hydrogen-bond acceptors (Lipinski definition) is 5. The highest BCUT2D eigenvalue weighted by Gasteiger charge is 2.48. The average Bonchev–Trinajstić information content (AvgIpc) is 3.15. The molecule has 2 aromatic heterocycles. The third-order valence-corrected chi connectivity index (χ3v) is 5.20. The number of nitrogens with zero attached hydrogens (tertiary/aromatic N) is 3.